The van der Waals surface area contributed by atoms with E-state index in [0.29, 0.717) is 12.4 Å². The average molecular weight is 218 g/mol. The smallest absolute Gasteiger partial charge is 0.131 e. The molecule has 0 spiro atoms. The number of rotatable bonds is 3. The van der Waals surface area contributed by atoms with Crippen LogP contribution in [0.1, 0.15) is 25.3 Å². The summed E-state index contributed by atoms with van der Waals surface area (Å²) in [6.07, 6.45) is 2.39. The molecule has 1 aromatic rings. The highest BCUT2D eigenvalue weighted by atomic mass is 16.5. The van der Waals surface area contributed by atoms with Crippen molar-refractivity contribution < 1.29 is 4.74 Å². The third-order valence-electron chi connectivity index (χ3n) is 2.86. The van der Waals surface area contributed by atoms with Crippen molar-refractivity contribution in [2.45, 2.75) is 19.8 Å². The quantitative estimate of drug-likeness (QED) is 0.625. The van der Waals surface area contributed by atoms with E-state index in [2.05, 4.69) is 4.90 Å². The van der Waals surface area contributed by atoms with E-state index in [9.17, 15) is 0 Å². The van der Waals surface area contributed by atoms with Crippen LogP contribution in [0, 0.1) is 5.41 Å². The lowest BCUT2D eigenvalue weighted by Crippen LogP contribution is -2.28. The molecule has 0 bridgehead atoms. The topological polar surface area (TPSA) is 36.3 Å². The molecule has 1 heterocycles. The molecule has 3 heteroatoms. The second-order valence-electron chi connectivity index (χ2n) is 3.97. The average Bonchev–Trinajstić information content (AvgIpc) is 2.83. The maximum absolute atomic E-state index is 8.19. The van der Waals surface area contributed by atoms with Crippen LogP contribution in [-0.4, -0.2) is 30.4 Å². The van der Waals surface area contributed by atoms with E-state index in [1.54, 1.807) is 0 Å². The van der Waals surface area contributed by atoms with Crippen LogP contribution in [-0.2, 0) is 0 Å². The van der Waals surface area contributed by atoms with Crippen molar-refractivity contribution in [3.05, 3.63) is 29.8 Å². The minimum absolute atomic E-state index is 0.599. The molecule has 1 N–H and O–H groups in total. The fourth-order valence-electron chi connectivity index (χ4n) is 2.05. The van der Waals surface area contributed by atoms with E-state index < -0.39 is 0 Å². The lowest BCUT2D eigenvalue weighted by atomic mass is 10.1. The molecule has 1 aliphatic rings. The van der Waals surface area contributed by atoms with Crippen molar-refractivity contribution in [1.29, 1.82) is 5.41 Å². The summed E-state index contributed by atoms with van der Waals surface area (Å²) >= 11 is 0. The summed E-state index contributed by atoms with van der Waals surface area (Å²) in [6, 6.07) is 7.81. The van der Waals surface area contributed by atoms with Gasteiger partial charge >= 0.3 is 0 Å². The van der Waals surface area contributed by atoms with E-state index >= 15 is 0 Å². The zero-order valence-corrected chi connectivity index (χ0v) is 9.70. The highest BCUT2D eigenvalue weighted by Gasteiger charge is 2.18. The van der Waals surface area contributed by atoms with Gasteiger partial charge in [-0.15, -0.1) is 0 Å². The molecule has 0 saturated carbocycles. The van der Waals surface area contributed by atoms with Gasteiger partial charge < -0.3 is 9.64 Å². The van der Waals surface area contributed by atoms with Gasteiger partial charge in [-0.05, 0) is 31.9 Å². The van der Waals surface area contributed by atoms with E-state index in [1.165, 1.54) is 12.8 Å². The van der Waals surface area contributed by atoms with Crippen molar-refractivity contribution in [3.8, 4) is 5.75 Å². The van der Waals surface area contributed by atoms with Crippen LogP contribution < -0.4 is 4.74 Å². The molecule has 1 aliphatic heterocycles. The number of nitrogens with one attached hydrogen (secondary N) is 1. The molecular weight excluding hydrogens is 200 g/mol. The lowest BCUT2D eigenvalue weighted by Gasteiger charge is -2.20. The van der Waals surface area contributed by atoms with Gasteiger partial charge in [0.25, 0.3) is 0 Å². The van der Waals surface area contributed by atoms with Crippen molar-refractivity contribution in [2.24, 2.45) is 0 Å². The Bertz CT molecular complexity index is 370. The van der Waals surface area contributed by atoms with E-state index in [4.69, 9.17) is 10.1 Å². The number of amidine groups is 1. The number of nitrogens with zero attached hydrogens (tertiary/aromatic N) is 1. The summed E-state index contributed by atoms with van der Waals surface area (Å²) < 4.78 is 5.55. The van der Waals surface area contributed by atoms with Crippen molar-refractivity contribution in [1.82, 2.24) is 4.90 Å². The normalized spacial score (nSPS) is 15.2. The molecule has 0 radical (unpaired) electrons. The molecule has 0 aromatic heterocycles. The highest BCUT2D eigenvalue weighted by Crippen LogP contribution is 2.21. The first kappa shape index (κ1) is 11.0. The summed E-state index contributed by atoms with van der Waals surface area (Å²) in [7, 11) is 0. The Morgan fingerprint density at radius 3 is 2.69 bits per heavy atom. The second kappa shape index (κ2) is 5.01. The number of hydrogen-bond acceptors (Lipinski definition) is 2. The monoisotopic (exact) mass is 218 g/mol. The molecule has 3 nitrogen and oxygen atoms in total. The van der Waals surface area contributed by atoms with Gasteiger partial charge in [-0.3, -0.25) is 5.41 Å². The van der Waals surface area contributed by atoms with Crippen LogP contribution in [0.2, 0.25) is 0 Å². The van der Waals surface area contributed by atoms with Crippen LogP contribution in [0.15, 0.2) is 24.3 Å². The summed E-state index contributed by atoms with van der Waals surface area (Å²) in [4.78, 5) is 2.12. The summed E-state index contributed by atoms with van der Waals surface area (Å²) in [5, 5.41) is 8.19. The zero-order valence-electron chi connectivity index (χ0n) is 9.70. The van der Waals surface area contributed by atoms with E-state index in [1.807, 2.05) is 31.2 Å². The van der Waals surface area contributed by atoms with E-state index in [0.717, 1.165) is 24.4 Å². The van der Waals surface area contributed by atoms with Gasteiger partial charge in [0.2, 0.25) is 0 Å². The minimum atomic E-state index is 0.599. The van der Waals surface area contributed by atoms with Gasteiger partial charge in [-0.25, -0.2) is 0 Å². The number of likely N-dealkylation sites (tertiary alicyclic amines) is 1. The Labute approximate surface area is 96.5 Å². The van der Waals surface area contributed by atoms with Crippen LogP contribution in [0.3, 0.4) is 0 Å². The van der Waals surface area contributed by atoms with Crippen LogP contribution in [0.4, 0.5) is 0 Å². The van der Waals surface area contributed by atoms with Crippen LogP contribution in [0.5, 0.6) is 5.75 Å². The minimum Gasteiger partial charge on any atom is -0.493 e. The number of ether oxygens (including phenoxy) is 1. The molecule has 1 fully saturated rings. The second-order valence-corrected chi connectivity index (χ2v) is 3.97. The third-order valence-corrected chi connectivity index (χ3v) is 2.86. The van der Waals surface area contributed by atoms with Gasteiger partial charge in [0.05, 0.1) is 12.2 Å². The Kier molecular flexibility index (Phi) is 3.44. The molecule has 1 aromatic carbocycles. The molecule has 0 amide bonds. The standard InChI is InChI=1S/C13H18N2O/c1-2-16-12-8-4-3-7-11(12)13(14)15-9-5-6-10-15/h3-4,7-8,14H,2,5-6,9-10H2,1H3. The van der Waals surface area contributed by atoms with E-state index in [-0.39, 0.29) is 0 Å². The molecule has 0 unspecified atom stereocenters. The Hall–Kier alpha value is -1.51. The molecule has 2 rings (SSSR count). The largest absolute Gasteiger partial charge is 0.493 e. The fraction of sp³-hybridized carbons (Fsp3) is 0.462. The first-order valence-corrected chi connectivity index (χ1v) is 5.88. The van der Waals surface area contributed by atoms with Gasteiger partial charge in [0.1, 0.15) is 11.6 Å². The van der Waals surface area contributed by atoms with Gasteiger partial charge in [0, 0.05) is 13.1 Å². The first-order chi connectivity index (χ1) is 7.83. The molecular formula is C13H18N2O. The third kappa shape index (κ3) is 2.18. The Balaban J connectivity index is 2.21. The summed E-state index contributed by atoms with van der Waals surface area (Å²) in [5.41, 5.74) is 0.909. The van der Waals surface area contributed by atoms with Gasteiger partial charge in [0.15, 0.2) is 0 Å². The number of hydrogen-bond donors (Lipinski definition) is 1. The molecule has 1 saturated heterocycles. The zero-order chi connectivity index (χ0) is 11.4. The first-order valence-electron chi connectivity index (χ1n) is 5.88. The van der Waals surface area contributed by atoms with Crippen LogP contribution in [0.25, 0.3) is 0 Å². The summed E-state index contributed by atoms with van der Waals surface area (Å²) in [5.74, 6) is 1.42. The van der Waals surface area contributed by atoms with Crippen LogP contribution >= 0.6 is 0 Å². The van der Waals surface area contributed by atoms with Gasteiger partial charge in [-0.2, -0.15) is 0 Å². The summed E-state index contributed by atoms with van der Waals surface area (Å²) in [6.45, 7) is 4.61. The Morgan fingerprint density at radius 1 is 1.31 bits per heavy atom. The van der Waals surface area contributed by atoms with Gasteiger partial charge in [-0.1, -0.05) is 12.1 Å². The molecule has 86 valence electrons. The predicted molar refractivity (Wildman–Crippen MR) is 65.2 cm³/mol. The molecule has 0 aliphatic carbocycles. The molecule has 0 atom stereocenters. The number of benzene rings is 1. The maximum atomic E-state index is 8.19. The van der Waals surface area contributed by atoms with Crippen molar-refractivity contribution >= 4 is 5.84 Å². The van der Waals surface area contributed by atoms with Crippen molar-refractivity contribution in [2.75, 3.05) is 19.7 Å². The fourth-order valence-corrected chi connectivity index (χ4v) is 2.05. The predicted octanol–water partition coefficient (Wildman–Crippen LogP) is 2.51. The highest BCUT2D eigenvalue weighted by molar-refractivity contribution is 5.99. The lowest BCUT2D eigenvalue weighted by molar-refractivity contribution is 0.338. The Morgan fingerprint density at radius 2 is 2.00 bits per heavy atom. The number of para-hydroxylation sites is 1. The maximum Gasteiger partial charge on any atom is 0.131 e. The SMILES string of the molecule is CCOc1ccccc1C(=N)N1CCCC1. The van der Waals surface area contributed by atoms with Crippen molar-refractivity contribution in [3.63, 3.8) is 0 Å². The molecule has 16 heavy (non-hydrogen) atoms.